The molecule has 1 heterocycles. The molecule has 0 N–H and O–H groups in total. The molecule has 1 aromatic rings. The fourth-order valence-electron chi connectivity index (χ4n) is 3.49. The highest BCUT2D eigenvalue weighted by Crippen LogP contribution is 2.49. The Bertz CT molecular complexity index is 752. The number of hydrogen-bond donors (Lipinski definition) is 0. The van der Waals surface area contributed by atoms with E-state index in [1.54, 1.807) is 6.92 Å². The number of hydrogen-bond acceptors (Lipinski definition) is 4. The van der Waals surface area contributed by atoms with Crippen molar-refractivity contribution < 1.29 is 18.0 Å². The van der Waals surface area contributed by atoms with Gasteiger partial charge in [-0.15, -0.1) is 0 Å². The first kappa shape index (κ1) is 16.2. The van der Waals surface area contributed by atoms with Gasteiger partial charge in [0, 0.05) is 24.6 Å². The lowest BCUT2D eigenvalue weighted by Gasteiger charge is -2.25. The molecule has 1 aromatic carbocycles. The predicted molar refractivity (Wildman–Crippen MR) is 86.5 cm³/mol. The Morgan fingerprint density at radius 3 is 2.26 bits per heavy atom. The van der Waals surface area contributed by atoms with Gasteiger partial charge in [-0.1, -0.05) is 30.3 Å². The van der Waals surface area contributed by atoms with Crippen molar-refractivity contribution in [3.05, 3.63) is 35.9 Å². The molecule has 1 aliphatic heterocycles. The van der Waals surface area contributed by atoms with Gasteiger partial charge in [0.2, 0.25) is 11.8 Å². The normalized spacial score (nSPS) is 26.6. The number of imide groups is 1. The topological polar surface area (TPSA) is 71.5 Å². The van der Waals surface area contributed by atoms with E-state index < -0.39 is 20.7 Å². The average molecular weight is 335 g/mol. The molecule has 23 heavy (non-hydrogen) atoms. The zero-order chi connectivity index (χ0) is 16.9. The van der Waals surface area contributed by atoms with Crippen molar-refractivity contribution in [1.82, 2.24) is 4.90 Å². The third kappa shape index (κ3) is 3.04. The van der Waals surface area contributed by atoms with E-state index in [1.807, 2.05) is 30.3 Å². The molecular weight excluding hydrogens is 314 g/mol. The van der Waals surface area contributed by atoms with Gasteiger partial charge in [0.15, 0.2) is 0 Å². The van der Waals surface area contributed by atoms with E-state index in [0.29, 0.717) is 0 Å². The average Bonchev–Trinajstić information content (AvgIpc) is 3.17. The van der Waals surface area contributed by atoms with Crippen LogP contribution in [0.1, 0.15) is 31.7 Å². The van der Waals surface area contributed by atoms with E-state index in [2.05, 4.69) is 0 Å². The Morgan fingerprint density at radius 2 is 1.74 bits per heavy atom. The third-order valence-corrected chi connectivity index (χ3v) is 6.09. The van der Waals surface area contributed by atoms with Crippen molar-refractivity contribution in [3.8, 4) is 0 Å². The SMILES string of the molecule is CC1(c2ccccc2)CC(=O)N(CC2(CS(C)(=O)=O)CC2)C1=O. The number of amides is 2. The first-order chi connectivity index (χ1) is 10.7. The molecule has 2 aliphatic rings. The highest BCUT2D eigenvalue weighted by atomic mass is 32.2. The summed E-state index contributed by atoms with van der Waals surface area (Å²) in [4.78, 5) is 26.5. The molecule has 124 valence electrons. The number of carbonyl (C=O) groups excluding carboxylic acids is 2. The summed E-state index contributed by atoms with van der Waals surface area (Å²) in [7, 11) is -3.13. The Kier molecular flexibility index (Phi) is 3.63. The van der Waals surface area contributed by atoms with Crippen LogP contribution in [0, 0.1) is 5.41 Å². The maximum absolute atomic E-state index is 12.9. The molecule has 6 heteroatoms. The minimum absolute atomic E-state index is 0.0408. The van der Waals surface area contributed by atoms with E-state index in [4.69, 9.17) is 0 Å². The number of benzene rings is 1. The van der Waals surface area contributed by atoms with Gasteiger partial charge in [0.25, 0.3) is 0 Å². The zero-order valence-electron chi connectivity index (χ0n) is 13.4. The number of carbonyl (C=O) groups is 2. The molecule has 2 fully saturated rings. The first-order valence-corrected chi connectivity index (χ1v) is 9.79. The number of sulfone groups is 1. The van der Waals surface area contributed by atoms with Crippen LogP contribution in [-0.2, 0) is 24.8 Å². The van der Waals surface area contributed by atoms with Gasteiger partial charge in [-0.3, -0.25) is 14.5 Å². The number of rotatable bonds is 5. The van der Waals surface area contributed by atoms with Crippen LogP contribution in [0.25, 0.3) is 0 Å². The molecule has 1 atom stereocenters. The molecule has 3 rings (SSSR count). The third-order valence-electron chi connectivity index (χ3n) is 4.95. The second-order valence-electron chi connectivity index (χ2n) is 7.23. The molecule has 0 aromatic heterocycles. The van der Waals surface area contributed by atoms with Crippen LogP contribution >= 0.6 is 0 Å². The quantitative estimate of drug-likeness (QED) is 0.765. The van der Waals surface area contributed by atoms with Crippen LogP contribution in [-0.4, -0.2) is 43.7 Å². The Balaban J connectivity index is 1.83. The summed E-state index contributed by atoms with van der Waals surface area (Å²) in [5.41, 5.74) is -0.450. The van der Waals surface area contributed by atoms with Gasteiger partial charge in [-0.25, -0.2) is 8.42 Å². The molecule has 0 bridgehead atoms. The van der Waals surface area contributed by atoms with E-state index in [0.717, 1.165) is 18.4 Å². The molecule has 2 amide bonds. The second-order valence-corrected chi connectivity index (χ2v) is 9.37. The smallest absolute Gasteiger partial charge is 0.240 e. The van der Waals surface area contributed by atoms with Crippen LogP contribution in [0.15, 0.2) is 30.3 Å². The van der Waals surface area contributed by atoms with Crippen LogP contribution in [0.2, 0.25) is 0 Å². The summed E-state index contributed by atoms with van der Waals surface area (Å²) >= 11 is 0. The number of nitrogens with zero attached hydrogens (tertiary/aromatic N) is 1. The van der Waals surface area contributed by atoms with E-state index in [-0.39, 0.29) is 30.5 Å². The van der Waals surface area contributed by atoms with Crippen LogP contribution < -0.4 is 0 Å². The largest absolute Gasteiger partial charge is 0.281 e. The highest BCUT2D eigenvalue weighted by molar-refractivity contribution is 7.90. The summed E-state index contributed by atoms with van der Waals surface area (Å²) in [5.74, 6) is -0.381. The maximum atomic E-state index is 12.9. The lowest BCUT2D eigenvalue weighted by Crippen LogP contribution is -2.41. The van der Waals surface area contributed by atoms with Crippen LogP contribution in [0.5, 0.6) is 0 Å². The summed E-state index contributed by atoms with van der Waals surface area (Å²) < 4.78 is 23.2. The predicted octanol–water partition coefficient (Wildman–Crippen LogP) is 1.53. The fourth-order valence-corrected chi connectivity index (χ4v) is 4.98. The molecule has 0 spiro atoms. The molecule has 5 nitrogen and oxygen atoms in total. The van der Waals surface area contributed by atoms with Gasteiger partial charge in [0.05, 0.1) is 11.2 Å². The van der Waals surface area contributed by atoms with E-state index >= 15 is 0 Å². The second kappa shape index (κ2) is 5.16. The Hall–Kier alpha value is -1.69. The summed E-state index contributed by atoms with van der Waals surface area (Å²) in [6, 6.07) is 9.30. The fraction of sp³-hybridized carbons (Fsp3) is 0.529. The van der Waals surface area contributed by atoms with Gasteiger partial charge in [-0.2, -0.15) is 0 Å². The molecule has 1 saturated heterocycles. The van der Waals surface area contributed by atoms with Gasteiger partial charge < -0.3 is 0 Å². The minimum Gasteiger partial charge on any atom is -0.281 e. The summed E-state index contributed by atoms with van der Waals surface area (Å²) in [6.45, 7) is 2.01. The van der Waals surface area contributed by atoms with E-state index in [9.17, 15) is 18.0 Å². The molecule has 1 unspecified atom stereocenters. The van der Waals surface area contributed by atoms with Gasteiger partial charge in [0.1, 0.15) is 9.84 Å². The van der Waals surface area contributed by atoms with Crippen molar-refractivity contribution >= 4 is 21.7 Å². The summed E-state index contributed by atoms with van der Waals surface area (Å²) in [5, 5.41) is 0. The molecular formula is C17H21NO4S. The van der Waals surface area contributed by atoms with E-state index in [1.165, 1.54) is 11.2 Å². The standard InChI is InChI=1S/C17H21NO4S/c1-16(13-6-4-3-5-7-13)10-14(19)18(15(16)20)11-17(8-9-17)12-23(2,21)22/h3-7H,8-12H2,1-2H3. The van der Waals surface area contributed by atoms with Crippen molar-refractivity contribution in [2.45, 2.75) is 31.6 Å². The van der Waals surface area contributed by atoms with Crippen LogP contribution in [0.4, 0.5) is 0 Å². The van der Waals surface area contributed by atoms with Gasteiger partial charge >= 0.3 is 0 Å². The van der Waals surface area contributed by atoms with Crippen LogP contribution in [0.3, 0.4) is 0 Å². The minimum atomic E-state index is -3.13. The zero-order valence-corrected chi connectivity index (χ0v) is 14.2. The summed E-state index contributed by atoms with van der Waals surface area (Å²) in [6.07, 6.45) is 2.85. The molecule has 0 radical (unpaired) electrons. The Labute approximate surface area is 136 Å². The Morgan fingerprint density at radius 1 is 1.13 bits per heavy atom. The van der Waals surface area contributed by atoms with Crippen molar-refractivity contribution in [2.75, 3.05) is 18.6 Å². The lowest BCUT2D eigenvalue weighted by atomic mass is 9.81. The first-order valence-electron chi connectivity index (χ1n) is 7.73. The number of likely N-dealkylation sites (tertiary alicyclic amines) is 1. The highest BCUT2D eigenvalue weighted by Gasteiger charge is 2.54. The lowest BCUT2D eigenvalue weighted by molar-refractivity contribution is -0.140. The van der Waals surface area contributed by atoms with Crippen molar-refractivity contribution in [1.29, 1.82) is 0 Å². The van der Waals surface area contributed by atoms with Crippen molar-refractivity contribution in [3.63, 3.8) is 0 Å². The molecule has 1 aliphatic carbocycles. The van der Waals surface area contributed by atoms with Crippen molar-refractivity contribution in [2.24, 2.45) is 5.41 Å². The molecule has 1 saturated carbocycles. The monoisotopic (exact) mass is 335 g/mol. The maximum Gasteiger partial charge on any atom is 0.240 e. The van der Waals surface area contributed by atoms with Gasteiger partial charge in [-0.05, 0) is 25.3 Å².